The van der Waals surface area contributed by atoms with Crippen molar-refractivity contribution in [3.63, 3.8) is 0 Å². The van der Waals surface area contributed by atoms with Crippen molar-refractivity contribution in [3.05, 3.63) is 35.8 Å². The van der Waals surface area contributed by atoms with Crippen molar-refractivity contribution in [2.24, 2.45) is 5.41 Å². The minimum absolute atomic E-state index is 0.335. The molecule has 1 N–H and O–H groups in total. The molecule has 1 saturated carbocycles. The van der Waals surface area contributed by atoms with Gasteiger partial charge in [0, 0.05) is 24.7 Å². The Hall–Kier alpha value is -2.05. The van der Waals surface area contributed by atoms with Crippen LogP contribution in [0.3, 0.4) is 0 Å². The number of fused-ring (bicyclic) bond motifs is 1. The predicted molar refractivity (Wildman–Crippen MR) is 109 cm³/mol. The first-order valence-corrected chi connectivity index (χ1v) is 10.1. The van der Waals surface area contributed by atoms with Crippen LogP contribution in [0, 0.1) is 5.41 Å². The van der Waals surface area contributed by atoms with Crippen LogP contribution in [0.15, 0.2) is 35.8 Å². The van der Waals surface area contributed by atoms with E-state index in [2.05, 4.69) is 40.7 Å². The van der Waals surface area contributed by atoms with E-state index < -0.39 is 0 Å². The van der Waals surface area contributed by atoms with Gasteiger partial charge in [0.05, 0.1) is 5.39 Å². The highest BCUT2D eigenvalue weighted by atomic mass is 32.1. The monoisotopic (exact) mass is 367 g/mol. The minimum atomic E-state index is 0.335. The molecule has 1 aliphatic rings. The van der Waals surface area contributed by atoms with E-state index in [1.807, 2.05) is 18.2 Å². The first-order valence-electron chi connectivity index (χ1n) is 9.21. The zero-order valence-corrected chi connectivity index (χ0v) is 16.2. The maximum atomic E-state index is 4.82. The van der Waals surface area contributed by atoms with Crippen LogP contribution in [0.25, 0.3) is 21.7 Å². The zero-order valence-electron chi connectivity index (χ0n) is 15.4. The van der Waals surface area contributed by atoms with Gasteiger partial charge in [0.15, 0.2) is 5.82 Å². The summed E-state index contributed by atoms with van der Waals surface area (Å²) in [6.45, 7) is 2.07. The largest absolute Gasteiger partial charge is 0.369 e. The number of pyridine rings is 1. The molecule has 0 atom stereocenters. The first-order chi connectivity index (χ1) is 12.7. The van der Waals surface area contributed by atoms with Crippen molar-refractivity contribution >= 4 is 27.4 Å². The molecule has 0 aromatic carbocycles. The lowest BCUT2D eigenvalue weighted by atomic mass is 9.85. The fraction of sp³-hybridized carbons (Fsp3) is 0.450. The van der Waals surface area contributed by atoms with Crippen molar-refractivity contribution < 1.29 is 0 Å². The van der Waals surface area contributed by atoms with Crippen molar-refractivity contribution in [3.8, 4) is 11.5 Å². The van der Waals surface area contributed by atoms with Gasteiger partial charge in [-0.3, -0.25) is 4.98 Å². The Bertz CT molecular complexity index is 868. The quantitative estimate of drug-likeness (QED) is 0.704. The molecule has 5 nitrogen and oxygen atoms in total. The van der Waals surface area contributed by atoms with Crippen LogP contribution in [0.5, 0.6) is 0 Å². The molecule has 1 fully saturated rings. The molecule has 3 aromatic rings. The van der Waals surface area contributed by atoms with Gasteiger partial charge in [-0.05, 0) is 50.5 Å². The van der Waals surface area contributed by atoms with Crippen LogP contribution in [-0.2, 0) is 0 Å². The van der Waals surface area contributed by atoms with E-state index in [1.165, 1.54) is 25.7 Å². The number of hydrogen-bond acceptors (Lipinski definition) is 6. The van der Waals surface area contributed by atoms with E-state index in [-0.39, 0.29) is 0 Å². The highest BCUT2D eigenvalue weighted by Gasteiger charge is 2.34. The smallest absolute Gasteiger partial charge is 0.181 e. The molecule has 0 saturated heterocycles. The minimum Gasteiger partial charge on any atom is -0.369 e. The summed E-state index contributed by atoms with van der Waals surface area (Å²) >= 11 is 1.65. The molecule has 0 aliphatic heterocycles. The van der Waals surface area contributed by atoms with Crippen molar-refractivity contribution in [2.45, 2.75) is 25.7 Å². The van der Waals surface area contributed by atoms with Gasteiger partial charge in [-0.1, -0.05) is 18.9 Å². The summed E-state index contributed by atoms with van der Waals surface area (Å²) in [5.74, 6) is 1.62. The summed E-state index contributed by atoms with van der Waals surface area (Å²) in [6.07, 6.45) is 7.00. The standard InChI is InChI=1S/C20H25N5S/c1-25(2)14-20(9-4-5-10-20)13-22-17-15-8-12-26-19(15)24-18(23-17)16-7-3-6-11-21-16/h3,6-8,11-12H,4-5,9-10,13-14H2,1-2H3,(H,22,23,24). The van der Waals surface area contributed by atoms with Crippen LogP contribution in [0.4, 0.5) is 5.82 Å². The Morgan fingerprint density at radius 2 is 2.00 bits per heavy atom. The molecule has 0 spiro atoms. The van der Waals surface area contributed by atoms with Crippen LogP contribution in [0.1, 0.15) is 25.7 Å². The third-order valence-electron chi connectivity index (χ3n) is 5.17. The lowest BCUT2D eigenvalue weighted by Gasteiger charge is -2.32. The number of nitrogens with one attached hydrogen (secondary N) is 1. The summed E-state index contributed by atoms with van der Waals surface area (Å²) in [4.78, 5) is 17.3. The zero-order chi connectivity index (χ0) is 18.0. The first kappa shape index (κ1) is 17.4. The van der Waals surface area contributed by atoms with Crippen LogP contribution < -0.4 is 5.32 Å². The molecular weight excluding hydrogens is 342 g/mol. The number of rotatable bonds is 6. The fourth-order valence-electron chi connectivity index (χ4n) is 4.06. The maximum Gasteiger partial charge on any atom is 0.181 e. The highest BCUT2D eigenvalue weighted by molar-refractivity contribution is 7.16. The van der Waals surface area contributed by atoms with Crippen LogP contribution in [-0.4, -0.2) is 47.0 Å². The Morgan fingerprint density at radius 3 is 2.73 bits per heavy atom. The van der Waals surface area contributed by atoms with E-state index in [9.17, 15) is 0 Å². The number of hydrogen-bond donors (Lipinski definition) is 1. The lowest BCUT2D eigenvalue weighted by molar-refractivity contribution is 0.215. The fourth-order valence-corrected chi connectivity index (χ4v) is 4.82. The molecule has 0 amide bonds. The normalized spacial score (nSPS) is 16.4. The average molecular weight is 368 g/mol. The highest BCUT2D eigenvalue weighted by Crippen LogP contribution is 2.39. The third kappa shape index (κ3) is 3.57. The van der Waals surface area contributed by atoms with Crippen LogP contribution >= 0.6 is 11.3 Å². The number of anilines is 1. The van der Waals surface area contributed by atoms with Gasteiger partial charge in [-0.2, -0.15) is 0 Å². The summed E-state index contributed by atoms with van der Waals surface area (Å²) in [7, 11) is 4.34. The molecule has 136 valence electrons. The van der Waals surface area contributed by atoms with Crippen molar-refractivity contribution in [1.82, 2.24) is 19.9 Å². The molecule has 3 heterocycles. The van der Waals surface area contributed by atoms with Gasteiger partial charge in [-0.15, -0.1) is 11.3 Å². The van der Waals surface area contributed by atoms with Gasteiger partial charge in [0.25, 0.3) is 0 Å². The maximum absolute atomic E-state index is 4.82. The molecule has 4 rings (SSSR count). The third-order valence-corrected chi connectivity index (χ3v) is 5.97. The van der Waals surface area contributed by atoms with Gasteiger partial charge >= 0.3 is 0 Å². The molecule has 26 heavy (non-hydrogen) atoms. The summed E-state index contributed by atoms with van der Waals surface area (Å²) in [5, 5.41) is 6.86. The van der Waals surface area contributed by atoms with E-state index in [0.717, 1.165) is 34.8 Å². The SMILES string of the molecule is CN(C)CC1(CNc2nc(-c3ccccn3)nc3sccc23)CCCC1. The van der Waals surface area contributed by atoms with Gasteiger partial charge in [0.1, 0.15) is 16.3 Å². The Morgan fingerprint density at radius 1 is 1.15 bits per heavy atom. The Labute approximate surface area is 158 Å². The molecule has 3 aromatic heterocycles. The van der Waals surface area contributed by atoms with Gasteiger partial charge in [0.2, 0.25) is 0 Å². The second kappa shape index (κ2) is 7.29. The van der Waals surface area contributed by atoms with E-state index >= 15 is 0 Å². The Kier molecular flexibility index (Phi) is 4.87. The predicted octanol–water partition coefficient (Wildman–Crippen LogP) is 4.29. The second-order valence-corrected chi connectivity index (χ2v) is 8.44. The lowest BCUT2D eigenvalue weighted by Crippen LogP contribution is -2.37. The van der Waals surface area contributed by atoms with Gasteiger partial charge < -0.3 is 10.2 Å². The molecule has 0 radical (unpaired) electrons. The molecule has 6 heteroatoms. The Balaban J connectivity index is 1.64. The molecular formula is C20H25N5S. The summed E-state index contributed by atoms with van der Waals surface area (Å²) < 4.78 is 0. The second-order valence-electron chi connectivity index (χ2n) is 7.55. The summed E-state index contributed by atoms with van der Waals surface area (Å²) in [5.41, 5.74) is 1.15. The van der Waals surface area contributed by atoms with Gasteiger partial charge in [-0.25, -0.2) is 9.97 Å². The van der Waals surface area contributed by atoms with Crippen LogP contribution in [0.2, 0.25) is 0 Å². The van der Waals surface area contributed by atoms with Crippen molar-refractivity contribution in [1.29, 1.82) is 0 Å². The topological polar surface area (TPSA) is 53.9 Å². The van der Waals surface area contributed by atoms with Crippen molar-refractivity contribution in [2.75, 3.05) is 32.5 Å². The number of aromatic nitrogens is 3. The van der Waals surface area contributed by atoms with E-state index in [4.69, 9.17) is 9.97 Å². The average Bonchev–Trinajstić information content (AvgIpc) is 3.29. The summed E-state index contributed by atoms with van der Waals surface area (Å²) in [6, 6.07) is 7.96. The van der Waals surface area contributed by atoms with E-state index in [0.29, 0.717) is 11.2 Å². The molecule has 0 unspecified atom stereocenters. The van der Waals surface area contributed by atoms with E-state index in [1.54, 1.807) is 17.5 Å². The number of nitrogens with zero attached hydrogens (tertiary/aromatic N) is 4. The molecule has 0 bridgehead atoms. The molecule has 1 aliphatic carbocycles. The number of thiophene rings is 1.